The first kappa shape index (κ1) is 10.9. The molecule has 0 amide bonds. The molecular weight excluding hydrogens is 254 g/mol. The molecule has 4 heteroatoms. The lowest BCUT2D eigenvalue weighted by Gasteiger charge is -2.39. The minimum atomic E-state index is 0.673. The number of hydrogen-bond donors (Lipinski definition) is 1. The Labute approximate surface area is 98.8 Å². The lowest BCUT2D eigenvalue weighted by Crippen LogP contribution is -2.43. The Morgan fingerprint density at radius 2 is 2.33 bits per heavy atom. The van der Waals surface area contributed by atoms with Crippen molar-refractivity contribution in [1.82, 2.24) is 4.98 Å². The molecular formula is C11H16BrN3. The largest absolute Gasteiger partial charge is 0.366 e. The Morgan fingerprint density at radius 3 is 2.87 bits per heavy atom. The molecule has 1 aliphatic carbocycles. The van der Waals surface area contributed by atoms with Gasteiger partial charge in [-0.3, -0.25) is 4.98 Å². The zero-order valence-corrected chi connectivity index (χ0v) is 10.3. The summed E-state index contributed by atoms with van der Waals surface area (Å²) in [6, 6.07) is 2.73. The third kappa shape index (κ3) is 2.32. The maximum absolute atomic E-state index is 5.66. The van der Waals surface area contributed by atoms with E-state index in [-0.39, 0.29) is 0 Å². The minimum absolute atomic E-state index is 0.673. The molecule has 3 nitrogen and oxygen atoms in total. The lowest BCUT2D eigenvalue weighted by molar-refractivity contribution is 0.387. The van der Waals surface area contributed by atoms with Gasteiger partial charge in [0.25, 0.3) is 0 Å². The molecule has 1 aliphatic rings. The average molecular weight is 270 g/mol. The summed E-state index contributed by atoms with van der Waals surface area (Å²) in [4.78, 5) is 6.48. The number of aromatic nitrogens is 1. The highest BCUT2D eigenvalue weighted by Crippen LogP contribution is 2.32. The maximum atomic E-state index is 5.66. The molecule has 82 valence electrons. The molecule has 0 saturated heterocycles. The second-order valence-electron chi connectivity index (χ2n) is 3.89. The Bertz CT molecular complexity index is 325. The Kier molecular flexibility index (Phi) is 3.59. The number of rotatable bonds is 4. The van der Waals surface area contributed by atoms with Gasteiger partial charge in [-0.25, -0.2) is 0 Å². The summed E-state index contributed by atoms with van der Waals surface area (Å²) in [6.45, 7) is 1.62. The smallest absolute Gasteiger partial charge is 0.0592 e. The van der Waals surface area contributed by atoms with Crippen LogP contribution in [0.4, 0.5) is 5.69 Å². The number of anilines is 1. The average Bonchev–Trinajstić information content (AvgIpc) is 2.15. The standard InChI is InChI=1S/C11H16BrN3/c12-10-8-14-6-4-11(10)15(7-5-13)9-2-1-3-9/h4,6,8-9H,1-3,5,7,13H2. The van der Waals surface area contributed by atoms with Crippen molar-refractivity contribution in [2.75, 3.05) is 18.0 Å². The van der Waals surface area contributed by atoms with Gasteiger partial charge in [-0.2, -0.15) is 0 Å². The third-order valence-corrected chi connectivity index (χ3v) is 3.56. The minimum Gasteiger partial charge on any atom is -0.366 e. The van der Waals surface area contributed by atoms with E-state index in [1.807, 2.05) is 12.4 Å². The molecule has 0 radical (unpaired) electrons. The number of nitrogens with two attached hydrogens (primary N) is 1. The number of hydrogen-bond acceptors (Lipinski definition) is 3. The highest BCUT2D eigenvalue weighted by atomic mass is 79.9. The molecule has 1 saturated carbocycles. The van der Waals surface area contributed by atoms with Crippen LogP contribution >= 0.6 is 15.9 Å². The van der Waals surface area contributed by atoms with Gasteiger partial charge in [-0.15, -0.1) is 0 Å². The second-order valence-corrected chi connectivity index (χ2v) is 4.75. The van der Waals surface area contributed by atoms with Crippen LogP contribution in [0.25, 0.3) is 0 Å². The molecule has 1 fully saturated rings. The van der Waals surface area contributed by atoms with Gasteiger partial charge in [0.1, 0.15) is 0 Å². The van der Waals surface area contributed by atoms with Gasteiger partial charge in [-0.1, -0.05) is 0 Å². The van der Waals surface area contributed by atoms with Crippen LogP contribution in [0.3, 0.4) is 0 Å². The quantitative estimate of drug-likeness (QED) is 0.911. The van der Waals surface area contributed by atoms with E-state index in [0.29, 0.717) is 12.6 Å². The summed E-state index contributed by atoms with van der Waals surface area (Å²) in [5.74, 6) is 0. The zero-order chi connectivity index (χ0) is 10.7. The molecule has 1 heterocycles. The van der Waals surface area contributed by atoms with Crippen molar-refractivity contribution in [1.29, 1.82) is 0 Å². The summed E-state index contributed by atoms with van der Waals surface area (Å²) in [7, 11) is 0. The van der Waals surface area contributed by atoms with Crippen LogP contribution in [0.1, 0.15) is 19.3 Å². The van der Waals surface area contributed by atoms with E-state index >= 15 is 0 Å². The monoisotopic (exact) mass is 269 g/mol. The van der Waals surface area contributed by atoms with Gasteiger partial charge < -0.3 is 10.6 Å². The summed E-state index contributed by atoms with van der Waals surface area (Å²) in [6.07, 6.45) is 7.59. The first-order chi connectivity index (χ1) is 7.33. The first-order valence-electron chi connectivity index (χ1n) is 5.39. The lowest BCUT2D eigenvalue weighted by atomic mass is 9.91. The maximum Gasteiger partial charge on any atom is 0.0592 e. The molecule has 15 heavy (non-hydrogen) atoms. The van der Waals surface area contributed by atoms with Crippen LogP contribution in [0.15, 0.2) is 22.9 Å². The molecule has 0 unspecified atom stereocenters. The zero-order valence-electron chi connectivity index (χ0n) is 8.69. The number of nitrogens with zero attached hydrogens (tertiary/aromatic N) is 2. The van der Waals surface area contributed by atoms with Crippen molar-refractivity contribution in [3.8, 4) is 0 Å². The van der Waals surface area contributed by atoms with Gasteiger partial charge in [0.05, 0.1) is 10.2 Å². The SMILES string of the molecule is NCCN(c1ccncc1Br)C1CCC1. The van der Waals surface area contributed by atoms with Crippen LogP contribution in [-0.4, -0.2) is 24.1 Å². The van der Waals surface area contributed by atoms with E-state index in [1.165, 1.54) is 24.9 Å². The van der Waals surface area contributed by atoms with E-state index < -0.39 is 0 Å². The van der Waals surface area contributed by atoms with Crippen molar-refractivity contribution >= 4 is 21.6 Å². The summed E-state index contributed by atoms with van der Waals surface area (Å²) in [5, 5.41) is 0. The molecule has 0 aromatic carbocycles. The fourth-order valence-corrected chi connectivity index (χ4v) is 2.42. The second kappa shape index (κ2) is 4.94. The van der Waals surface area contributed by atoms with Crippen LogP contribution in [0.5, 0.6) is 0 Å². The van der Waals surface area contributed by atoms with Crippen molar-refractivity contribution < 1.29 is 0 Å². The topological polar surface area (TPSA) is 42.1 Å². The Morgan fingerprint density at radius 1 is 1.53 bits per heavy atom. The van der Waals surface area contributed by atoms with Gasteiger partial charge in [-0.05, 0) is 41.3 Å². The normalized spacial score (nSPS) is 16.1. The third-order valence-electron chi connectivity index (χ3n) is 2.95. The molecule has 0 spiro atoms. The van der Waals surface area contributed by atoms with Crippen molar-refractivity contribution in [3.05, 3.63) is 22.9 Å². The van der Waals surface area contributed by atoms with Gasteiger partial charge in [0.15, 0.2) is 0 Å². The van der Waals surface area contributed by atoms with Crippen molar-refractivity contribution in [2.45, 2.75) is 25.3 Å². The van der Waals surface area contributed by atoms with Crippen LogP contribution in [-0.2, 0) is 0 Å². The molecule has 2 rings (SSSR count). The fourth-order valence-electron chi connectivity index (χ4n) is 1.94. The van der Waals surface area contributed by atoms with Crippen LogP contribution < -0.4 is 10.6 Å². The highest BCUT2D eigenvalue weighted by Gasteiger charge is 2.25. The van der Waals surface area contributed by atoms with Crippen LogP contribution in [0, 0.1) is 0 Å². The van der Waals surface area contributed by atoms with Crippen LogP contribution in [0.2, 0.25) is 0 Å². The van der Waals surface area contributed by atoms with E-state index in [2.05, 4.69) is 31.9 Å². The molecule has 2 N–H and O–H groups in total. The first-order valence-corrected chi connectivity index (χ1v) is 6.18. The summed E-state index contributed by atoms with van der Waals surface area (Å²) >= 11 is 3.54. The predicted octanol–water partition coefficient (Wildman–Crippen LogP) is 2.16. The predicted molar refractivity (Wildman–Crippen MR) is 66.0 cm³/mol. The fraction of sp³-hybridized carbons (Fsp3) is 0.545. The molecule has 0 aliphatic heterocycles. The highest BCUT2D eigenvalue weighted by molar-refractivity contribution is 9.10. The van der Waals surface area contributed by atoms with E-state index in [4.69, 9.17) is 5.73 Å². The molecule has 0 atom stereocenters. The Balaban J connectivity index is 2.19. The van der Waals surface area contributed by atoms with Crippen molar-refractivity contribution in [2.24, 2.45) is 5.73 Å². The molecule has 0 bridgehead atoms. The molecule has 1 aromatic heterocycles. The van der Waals surface area contributed by atoms with Crippen molar-refractivity contribution in [3.63, 3.8) is 0 Å². The Hall–Kier alpha value is -0.610. The van der Waals surface area contributed by atoms with Gasteiger partial charge in [0.2, 0.25) is 0 Å². The van der Waals surface area contributed by atoms with E-state index in [0.717, 1.165) is 11.0 Å². The summed E-state index contributed by atoms with van der Waals surface area (Å²) in [5.41, 5.74) is 6.88. The van der Waals surface area contributed by atoms with Gasteiger partial charge >= 0.3 is 0 Å². The summed E-state index contributed by atoms with van der Waals surface area (Å²) < 4.78 is 1.06. The van der Waals surface area contributed by atoms with E-state index in [9.17, 15) is 0 Å². The molecule has 1 aromatic rings. The number of pyridine rings is 1. The van der Waals surface area contributed by atoms with Gasteiger partial charge in [0, 0.05) is 31.5 Å². The number of halogens is 1. The van der Waals surface area contributed by atoms with E-state index in [1.54, 1.807) is 0 Å².